The van der Waals surface area contributed by atoms with Gasteiger partial charge in [0.05, 0.1) is 0 Å². The fraction of sp³-hybridized carbons (Fsp3) is 0.130. The second-order valence-corrected chi connectivity index (χ2v) is 21.9. The molecule has 0 atom stereocenters. The summed E-state index contributed by atoms with van der Waals surface area (Å²) >= 11 is 0. The Hall–Kier alpha value is -7.98. The van der Waals surface area contributed by atoms with E-state index in [0.717, 1.165) is 33.8 Å². The fourth-order valence-electron chi connectivity index (χ4n) is 13.8. The Kier molecular flexibility index (Phi) is 9.65. The maximum Gasteiger partial charge on any atom is 0.135 e. The first-order valence-electron chi connectivity index (χ1n) is 26.0. The number of benzene rings is 9. The molecule has 364 valence electrons. The number of rotatable bonds is 5. The smallest absolute Gasteiger partial charge is 0.135 e. The summed E-state index contributed by atoms with van der Waals surface area (Å²) in [6.45, 7) is 11.3. The molecule has 18 rings (SSSR count). The summed E-state index contributed by atoms with van der Waals surface area (Å²) in [4.78, 5) is 9.87. The van der Waals surface area contributed by atoms with Crippen molar-refractivity contribution in [3.63, 3.8) is 0 Å². The summed E-state index contributed by atoms with van der Waals surface area (Å²) < 4.78 is 9.31. The van der Waals surface area contributed by atoms with Crippen molar-refractivity contribution in [3.05, 3.63) is 291 Å². The minimum Gasteiger partial charge on any atom is -0.509 e. The number of pyridine rings is 1. The maximum atomic E-state index is 6.94. The zero-order chi connectivity index (χ0) is 49.1. The third-order valence-corrected chi connectivity index (χ3v) is 17.0. The number of nitrogens with zero attached hydrogens (tertiary/aromatic N) is 4. The van der Waals surface area contributed by atoms with Crippen LogP contribution < -0.4 is 14.5 Å². The molecule has 5 nitrogen and oxygen atoms in total. The zero-order valence-electron chi connectivity index (χ0n) is 41.9. The van der Waals surface area contributed by atoms with E-state index in [9.17, 15) is 0 Å². The molecule has 0 saturated carbocycles. The van der Waals surface area contributed by atoms with Crippen LogP contribution in [0.1, 0.15) is 122 Å². The van der Waals surface area contributed by atoms with Gasteiger partial charge in [-0.1, -0.05) is 160 Å². The van der Waals surface area contributed by atoms with E-state index in [0.29, 0.717) is 11.5 Å². The summed E-state index contributed by atoms with van der Waals surface area (Å²) in [7, 11) is 0. The Morgan fingerprint density at radius 2 is 1.04 bits per heavy atom. The number of fused-ring (bicyclic) bond motifs is 4. The normalized spacial score (nSPS) is 17.9. The zero-order valence-corrected chi connectivity index (χ0v) is 44.1. The molecule has 0 amide bonds. The molecular formula is C69H49N4OPt-3. The van der Waals surface area contributed by atoms with E-state index in [1.165, 1.54) is 94.5 Å². The van der Waals surface area contributed by atoms with Crippen LogP contribution in [0.15, 0.2) is 194 Å². The molecule has 6 aliphatic carbocycles. The predicted octanol–water partition coefficient (Wildman–Crippen LogP) is 16.6. The molecule has 7 aliphatic rings. The van der Waals surface area contributed by atoms with Gasteiger partial charge in [0.15, 0.2) is 0 Å². The van der Waals surface area contributed by atoms with Gasteiger partial charge in [0.2, 0.25) is 0 Å². The van der Waals surface area contributed by atoms with E-state index < -0.39 is 0 Å². The molecule has 6 heteroatoms. The van der Waals surface area contributed by atoms with Gasteiger partial charge in [0, 0.05) is 85.0 Å². The van der Waals surface area contributed by atoms with Crippen LogP contribution in [0.2, 0.25) is 0 Å². The number of anilines is 4. The van der Waals surface area contributed by atoms with Gasteiger partial charge in [-0.15, -0.1) is 48.1 Å². The molecule has 3 heterocycles. The first-order valence-corrected chi connectivity index (χ1v) is 26.0. The molecule has 0 spiro atoms. The SMILES string of the molecule is Cc1ccccc1N1[CH-]N(c2[c-]c(Oc3[c-]c4c(cc3)c3ccc5c(c3n4-c3cc(C(C)(C)C)ccn3)C3c4ccccc4C5c4ccccc43)ccc2)c2ccc3c(c21)C1c2ccccc2C3c2ccccc21.[Pt]. The molecular weight excluding hydrogens is 1100 g/mol. The molecule has 0 saturated heterocycles. The quantitative estimate of drug-likeness (QED) is 0.161. The maximum absolute atomic E-state index is 6.94. The molecule has 4 bridgehead atoms. The van der Waals surface area contributed by atoms with Crippen LogP contribution in [-0.4, -0.2) is 9.55 Å². The molecule has 0 N–H and O–H groups in total. The van der Waals surface area contributed by atoms with Crippen molar-refractivity contribution in [2.45, 2.75) is 56.8 Å². The topological polar surface area (TPSA) is 33.5 Å². The number of hydrogen-bond acceptors (Lipinski definition) is 4. The number of para-hydroxylation sites is 1. The van der Waals surface area contributed by atoms with Gasteiger partial charge in [-0.05, 0) is 120 Å². The van der Waals surface area contributed by atoms with Crippen LogP contribution in [0.4, 0.5) is 22.7 Å². The Bertz CT molecular complexity index is 4120. The van der Waals surface area contributed by atoms with Crippen molar-refractivity contribution in [2.24, 2.45) is 0 Å². The molecule has 9 aromatic carbocycles. The Morgan fingerprint density at radius 1 is 0.493 bits per heavy atom. The van der Waals surface area contributed by atoms with E-state index in [4.69, 9.17) is 9.72 Å². The summed E-state index contributed by atoms with van der Waals surface area (Å²) in [6, 6.07) is 76.9. The van der Waals surface area contributed by atoms with Crippen LogP contribution in [-0.2, 0) is 26.5 Å². The average molecular weight is 1150 g/mol. The Labute approximate surface area is 452 Å². The average Bonchev–Trinajstić information content (AvgIpc) is 4.16. The number of ether oxygens (including phenoxy) is 1. The molecule has 11 aromatic rings. The van der Waals surface area contributed by atoms with E-state index in [2.05, 4.69) is 243 Å². The molecule has 0 fully saturated rings. The van der Waals surface area contributed by atoms with Gasteiger partial charge in [0.25, 0.3) is 0 Å². The van der Waals surface area contributed by atoms with Crippen molar-refractivity contribution in [1.29, 1.82) is 0 Å². The van der Waals surface area contributed by atoms with Gasteiger partial charge >= 0.3 is 0 Å². The number of aromatic nitrogens is 2. The second kappa shape index (κ2) is 16.3. The van der Waals surface area contributed by atoms with Crippen molar-refractivity contribution >= 4 is 44.6 Å². The summed E-state index contributed by atoms with van der Waals surface area (Å²) in [5.74, 6) is 2.60. The molecule has 0 radical (unpaired) electrons. The molecule has 0 unspecified atom stereocenters. The third-order valence-electron chi connectivity index (χ3n) is 17.0. The summed E-state index contributed by atoms with van der Waals surface area (Å²) in [5, 5.41) is 2.30. The predicted molar refractivity (Wildman–Crippen MR) is 297 cm³/mol. The van der Waals surface area contributed by atoms with Crippen LogP contribution in [0.25, 0.3) is 27.6 Å². The number of aryl methyl sites for hydroxylation is 1. The van der Waals surface area contributed by atoms with Crippen LogP contribution in [0.3, 0.4) is 0 Å². The largest absolute Gasteiger partial charge is 0.509 e. The van der Waals surface area contributed by atoms with Gasteiger partial charge in [-0.25, -0.2) is 4.98 Å². The van der Waals surface area contributed by atoms with E-state index in [1.807, 2.05) is 12.3 Å². The van der Waals surface area contributed by atoms with Gasteiger partial charge in [-0.3, -0.25) is 0 Å². The molecule has 2 aromatic heterocycles. The second-order valence-electron chi connectivity index (χ2n) is 21.9. The molecule has 1 aliphatic heterocycles. The number of hydrogen-bond donors (Lipinski definition) is 0. The van der Waals surface area contributed by atoms with Crippen LogP contribution >= 0.6 is 0 Å². The monoisotopic (exact) mass is 1140 g/mol. The van der Waals surface area contributed by atoms with Crippen LogP contribution in [0.5, 0.6) is 11.5 Å². The summed E-state index contributed by atoms with van der Waals surface area (Å²) in [5.41, 5.74) is 25.5. The van der Waals surface area contributed by atoms with E-state index in [-0.39, 0.29) is 50.2 Å². The van der Waals surface area contributed by atoms with Crippen molar-refractivity contribution in [1.82, 2.24) is 9.55 Å². The van der Waals surface area contributed by atoms with Crippen molar-refractivity contribution in [2.75, 3.05) is 9.80 Å². The van der Waals surface area contributed by atoms with E-state index in [1.54, 1.807) is 0 Å². The van der Waals surface area contributed by atoms with Crippen molar-refractivity contribution in [3.8, 4) is 17.3 Å². The molecule has 75 heavy (non-hydrogen) atoms. The Morgan fingerprint density at radius 3 is 1.67 bits per heavy atom. The van der Waals surface area contributed by atoms with Gasteiger partial charge < -0.3 is 19.1 Å². The van der Waals surface area contributed by atoms with Gasteiger partial charge in [-0.2, -0.15) is 12.1 Å². The van der Waals surface area contributed by atoms with Crippen LogP contribution in [0, 0.1) is 25.7 Å². The third kappa shape index (κ3) is 6.25. The minimum atomic E-state index is -0.0776. The standard InChI is InChI=1S/C69H49N4O.Pt/c1-40-16-5-14-27-57(40)72-39-71(58-33-32-56-62-48-21-8-12-25-52(48)64(66(56)68(58)72)53-26-13-9-22-49(53)62)42-17-15-18-43(37-42)74-44-28-29-45-54-30-31-55-61-46-19-6-10-23-50(46)63(51-24-11-7-20-47(51)61)65(55)67(54)73(59(45)38-44)60-36-41(34-35-70-60)69(2,3)4;/h5-36,39,61-64H,1-4H3;/q-3;. The minimum absolute atomic E-state index is 0. The van der Waals surface area contributed by atoms with Crippen molar-refractivity contribution < 1.29 is 25.8 Å². The fourth-order valence-corrected chi connectivity index (χ4v) is 13.8. The van der Waals surface area contributed by atoms with E-state index >= 15 is 0 Å². The first kappa shape index (κ1) is 44.5. The first-order chi connectivity index (χ1) is 36.3. The Balaban J connectivity index is 0.00000495. The summed E-state index contributed by atoms with van der Waals surface area (Å²) in [6.07, 6.45) is 1.96. The van der Waals surface area contributed by atoms with Gasteiger partial charge in [0.1, 0.15) is 5.82 Å².